The van der Waals surface area contributed by atoms with Crippen molar-refractivity contribution in [1.82, 2.24) is 15.2 Å². The normalized spacial score (nSPS) is 26.1. The number of aryl methyl sites for hydroxylation is 1. The summed E-state index contributed by atoms with van der Waals surface area (Å²) in [5.41, 5.74) is 3.09. The molecule has 2 aliphatic heterocycles. The summed E-state index contributed by atoms with van der Waals surface area (Å²) >= 11 is 1.40. The summed E-state index contributed by atoms with van der Waals surface area (Å²) < 4.78 is 0. The highest BCUT2D eigenvalue weighted by molar-refractivity contribution is 7.11. The number of fused-ring (bicyclic) bond motifs is 2. The third kappa shape index (κ3) is 3.13. The van der Waals surface area contributed by atoms with Crippen molar-refractivity contribution in [2.75, 3.05) is 0 Å². The SMILES string of the molecule is Cc1ncsc1C(=O)N1[C@@H]2CC[C@H]1[C@@](Cc1ccccc1)(C(=O)NC(C)C)C2. The molecule has 0 unspecified atom stereocenters. The molecular weight excluding hydrogens is 370 g/mol. The molecule has 2 saturated heterocycles. The number of amides is 2. The molecule has 0 spiro atoms. The van der Waals surface area contributed by atoms with Crippen molar-refractivity contribution in [3.63, 3.8) is 0 Å². The maximum absolute atomic E-state index is 13.4. The van der Waals surface area contributed by atoms with Crippen molar-refractivity contribution in [1.29, 1.82) is 0 Å². The van der Waals surface area contributed by atoms with E-state index in [4.69, 9.17) is 0 Å². The second-order valence-corrected chi connectivity index (χ2v) is 9.23. The summed E-state index contributed by atoms with van der Waals surface area (Å²) in [6, 6.07) is 10.3. The van der Waals surface area contributed by atoms with Gasteiger partial charge in [-0.1, -0.05) is 30.3 Å². The highest BCUT2D eigenvalue weighted by atomic mass is 32.1. The molecule has 148 valence electrons. The number of aromatic nitrogens is 1. The van der Waals surface area contributed by atoms with E-state index >= 15 is 0 Å². The van der Waals surface area contributed by atoms with Crippen molar-refractivity contribution in [2.24, 2.45) is 5.41 Å². The lowest BCUT2D eigenvalue weighted by molar-refractivity contribution is -0.133. The van der Waals surface area contributed by atoms with Crippen LogP contribution in [-0.2, 0) is 11.2 Å². The predicted octanol–water partition coefficient (Wildman–Crippen LogP) is 3.58. The number of benzene rings is 1. The lowest BCUT2D eigenvalue weighted by Gasteiger charge is -2.37. The van der Waals surface area contributed by atoms with Gasteiger partial charge < -0.3 is 10.2 Å². The Kier molecular flexibility index (Phi) is 5.00. The first-order chi connectivity index (χ1) is 13.4. The Morgan fingerprint density at radius 2 is 2.04 bits per heavy atom. The number of hydrogen-bond acceptors (Lipinski definition) is 4. The minimum absolute atomic E-state index is 0.0415. The summed E-state index contributed by atoms with van der Waals surface area (Å²) in [5, 5.41) is 3.15. The zero-order valence-electron chi connectivity index (χ0n) is 16.6. The molecule has 6 heteroatoms. The van der Waals surface area contributed by atoms with Crippen molar-refractivity contribution >= 4 is 23.2 Å². The van der Waals surface area contributed by atoms with Gasteiger partial charge in [0, 0.05) is 18.1 Å². The zero-order valence-corrected chi connectivity index (χ0v) is 17.5. The van der Waals surface area contributed by atoms with Gasteiger partial charge in [-0.05, 0) is 52.0 Å². The molecule has 28 heavy (non-hydrogen) atoms. The smallest absolute Gasteiger partial charge is 0.266 e. The molecule has 3 atom stereocenters. The van der Waals surface area contributed by atoms with E-state index in [1.165, 1.54) is 11.3 Å². The second-order valence-electron chi connectivity index (χ2n) is 8.38. The average molecular weight is 398 g/mol. The molecule has 5 nitrogen and oxygen atoms in total. The highest BCUT2D eigenvalue weighted by Crippen LogP contribution is 2.52. The van der Waals surface area contributed by atoms with E-state index < -0.39 is 5.41 Å². The summed E-state index contributed by atoms with van der Waals surface area (Å²) in [7, 11) is 0. The number of carbonyl (C=O) groups is 2. The molecule has 2 bridgehead atoms. The number of thiazole rings is 1. The van der Waals surface area contributed by atoms with Crippen molar-refractivity contribution in [2.45, 2.75) is 64.6 Å². The van der Waals surface area contributed by atoms with Gasteiger partial charge in [0.2, 0.25) is 5.91 Å². The standard InChI is InChI=1S/C22H27N3O2S/c1-14(2)24-21(27)22(11-16-7-5-4-6-8-16)12-17-9-10-18(22)25(17)20(26)19-15(3)23-13-28-19/h4-8,13-14,17-18H,9-12H2,1-3H3,(H,24,27)/t17-,18+,22+/m1/s1. The molecule has 0 saturated carbocycles. The van der Waals surface area contributed by atoms with Crippen LogP contribution in [0, 0.1) is 12.3 Å². The lowest BCUT2D eigenvalue weighted by Crippen LogP contribution is -2.52. The number of nitrogens with one attached hydrogen (secondary N) is 1. The van der Waals surface area contributed by atoms with Crippen molar-refractivity contribution in [3.8, 4) is 0 Å². The molecule has 4 rings (SSSR count). The van der Waals surface area contributed by atoms with E-state index in [1.807, 2.05) is 43.9 Å². The molecule has 0 radical (unpaired) electrons. The first-order valence-electron chi connectivity index (χ1n) is 10.00. The van der Waals surface area contributed by atoms with Gasteiger partial charge in [0.05, 0.1) is 16.6 Å². The van der Waals surface area contributed by atoms with Gasteiger partial charge in [0.1, 0.15) is 4.88 Å². The molecular formula is C22H27N3O2S. The molecule has 1 aromatic carbocycles. The lowest BCUT2D eigenvalue weighted by atomic mass is 9.69. The zero-order chi connectivity index (χ0) is 19.9. The van der Waals surface area contributed by atoms with E-state index in [9.17, 15) is 9.59 Å². The first-order valence-corrected chi connectivity index (χ1v) is 10.9. The van der Waals surface area contributed by atoms with Crippen LogP contribution in [0.1, 0.15) is 54.0 Å². The van der Waals surface area contributed by atoms with Crippen LogP contribution in [0.2, 0.25) is 0 Å². The Morgan fingerprint density at radius 1 is 1.29 bits per heavy atom. The van der Waals surface area contributed by atoms with Crippen LogP contribution in [0.25, 0.3) is 0 Å². The highest BCUT2D eigenvalue weighted by Gasteiger charge is 2.61. The largest absolute Gasteiger partial charge is 0.353 e. The van der Waals surface area contributed by atoms with E-state index in [2.05, 4.69) is 22.4 Å². The molecule has 2 aromatic rings. The fraction of sp³-hybridized carbons (Fsp3) is 0.500. The van der Waals surface area contributed by atoms with E-state index in [0.717, 1.165) is 30.5 Å². The van der Waals surface area contributed by atoms with Crippen LogP contribution in [0.5, 0.6) is 0 Å². The van der Waals surface area contributed by atoms with E-state index in [1.54, 1.807) is 5.51 Å². The van der Waals surface area contributed by atoms with E-state index in [0.29, 0.717) is 11.3 Å². The Balaban J connectivity index is 1.70. The summed E-state index contributed by atoms with van der Waals surface area (Å²) in [4.78, 5) is 33.7. The van der Waals surface area contributed by atoms with Crippen LogP contribution in [0.3, 0.4) is 0 Å². The van der Waals surface area contributed by atoms with Crippen LogP contribution in [-0.4, -0.2) is 39.8 Å². The second kappa shape index (κ2) is 7.32. The molecule has 2 aliphatic rings. The summed E-state index contributed by atoms with van der Waals surface area (Å²) in [6.07, 6.45) is 3.25. The van der Waals surface area contributed by atoms with Gasteiger partial charge in [-0.15, -0.1) is 11.3 Å². The van der Waals surface area contributed by atoms with Gasteiger partial charge in [-0.2, -0.15) is 0 Å². The van der Waals surface area contributed by atoms with E-state index in [-0.39, 0.29) is 29.9 Å². The molecule has 1 aromatic heterocycles. The van der Waals surface area contributed by atoms with Gasteiger partial charge >= 0.3 is 0 Å². The Bertz CT molecular complexity index is 879. The van der Waals surface area contributed by atoms with Crippen LogP contribution >= 0.6 is 11.3 Å². The Labute approximate surface area is 170 Å². The van der Waals surface area contributed by atoms with Crippen LogP contribution in [0.15, 0.2) is 35.8 Å². The molecule has 2 fully saturated rings. The topological polar surface area (TPSA) is 62.3 Å². The van der Waals surface area contributed by atoms with Gasteiger partial charge in [-0.25, -0.2) is 4.98 Å². The number of hydrogen-bond donors (Lipinski definition) is 1. The molecule has 3 heterocycles. The molecule has 1 N–H and O–H groups in total. The minimum atomic E-state index is -0.567. The van der Waals surface area contributed by atoms with Gasteiger partial charge in [0.25, 0.3) is 5.91 Å². The first kappa shape index (κ1) is 19.1. The number of nitrogens with zero attached hydrogens (tertiary/aromatic N) is 2. The monoisotopic (exact) mass is 397 g/mol. The Hall–Kier alpha value is -2.21. The fourth-order valence-electron chi connectivity index (χ4n) is 4.99. The van der Waals surface area contributed by atoms with Crippen molar-refractivity contribution < 1.29 is 9.59 Å². The molecule has 2 amide bonds. The maximum Gasteiger partial charge on any atom is 0.266 e. The quantitative estimate of drug-likeness (QED) is 0.839. The molecule has 0 aliphatic carbocycles. The van der Waals surface area contributed by atoms with Gasteiger partial charge in [-0.3, -0.25) is 9.59 Å². The predicted molar refractivity (Wildman–Crippen MR) is 110 cm³/mol. The van der Waals surface area contributed by atoms with Crippen molar-refractivity contribution in [3.05, 3.63) is 52.0 Å². The summed E-state index contributed by atoms with van der Waals surface area (Å²) in [5.74, 6) is 0.122. The number of rotatable bonds is 5. The Morgan fingerprint density at radius 3 is 2.68 bits per heavy atom. The maximum atomic E-state index is 13.4. The van der Waals surface area contributed by atoms with Crippen LogP contribution in [0.4, 0.5) is 0 Å². The summed E-state index contributed by atoms with van der Waals surface area (Å²) in [6.45, 7) is 5.86. The van der Waals surface area contributed by atoms with Crippen LogP contribution < -0.4 is 5.32 Å². The minimum Gasteiger partial charge on any atom is -0.353 e. The average Bonchev–Trinajstić information content (AvgIpc) is 3.35. The fourth-order valence-corrected chi connectivity index (χ4v) is 5.74. The number of carbonyl (C=O) groups excluding carboxylic acids is 2. The van der Waals surface area contributed by atoms with Gasteiger partial charge in [0.15, 0.2) is 0 Å². The third-order valence-electron chi connectivity index (χ3n) is 6.15. The third-order valence-corrected chi connectivity index (χ3v) is 7.07.